The lowest BCUT2D eigenvalue weighted by Gasteiger charge is -2.07. The molecule has 3 nitrogen and oxygen atoms in total. The Balaban J connectivity index is 2.05. The zero-order valence-electron chi connectivity index (χ0n) is 8.86. The zero-order chi connectivity index (χ0) is 12.3. The molecule has 1 heterocycles. The summed E-state index contributed by atoms with van der Waals surface area (Å²) in [5.74, 6) is 0.642. The van der Waals surface area contributed by atoms with Gasteiger partial charge in [0.05, 0.1) is 15.7 Å². The third-order valence-corrected chi connectivity index (χ3v) is 2.86. The molecule has 2 rings (SSSR count). The van der Waals surface area contributed by atoms with Gasteiger partial charge < -0.3 is 10.5 Å². The van der Waals surface area contributed by atoms with E-state index in [1.54, 1.807) is 36.5 Å². The van der Waals surface area contributed by atoms with Crippen molar-refractivity contribution in [1.29, 1.82) is 0 Å². The Morgan fingerprint density at radius 3 is 2.65 bits per heavy atom. The average molecular weight is 269 g/mol. The van der Waals surface area contributed by atoms with Crippen molar-refractivity contribution in [1.82, 2.24) is 4.98 Å². The molecule has 0 aliphatic rings. The molecule has 0 atom stereocenters. The van der Waals surface area contributed by atoms with Gasteiger partial charge in [-0.2, -0.15) is 0 Å². The van der Waals surface area contributed by atoms with E-state index in [-0.39, 0.29) is 0 Å². The van der Waals surface area contributed by atoms with Crippen molar-refractivity contribution >= 4 is 28.9 Å². The molecule has 0 aliphatic heterocycles. The van der Waals surface area contributed by atoms with Gasteiger partial charge >= 0.3 is 0 Å². The van der Waals surface area contributed by atoms with Gasteiger partial charge in [0.1, 0.15) is 12.4 Å². The molecule has 0 saturated carbocycles. The van der Waals surface area contributed by atoms with E-state index < -0.39 is 0 Å². The Morgan fingerprint density at radius 2 is 1.94 bits per heavy atom. The summed E-state index contributed by atoms with van der Waals surface area (Å²) < 4.78 is 5.52. The number of pyridine rings is 1. The lowest BCUT2D eigenvalue weighted by atomic mass is 10.3. The van der Waals surface area contributed by atoms with Crippen molar-refractivity contribution in [3.8, 4) is 5.75 Å². The van der Waals surface area contributed by atoms with Crippen molar-refractivity contribution in [2.75, 3.05) is 5.73 Å². The maximum Gasteiger partial charge on any atom is 0.130 e. The highest BCUT2D eigenvalue weighted by Crippen LogP contribution is 2.26. The van der Waals surface area contributed by atoms with Crippen LogP contribution in [0.5, 0.6) is 5.75 Å². The van der Waals surface area contributed by atoms with Crippen LogP contribution in [0.25, 0.3) is 0 Å². The number of anilines is 1. The van der Waals surface area contributed by atoms with Crippen LogP contribution in [-0.4, -0.2) is 4.98 Å². The number of rotatable bonds is 3. The molecule has 0 fully saturated rings. The molecule has 2 aromatic rings. The predicted octanol–water partition coefficient (Wildman–Crippen LogP) is 3.55. The third-order valence-electron chi connectivity index (χ3n) is 2.12. The fraction of sp³-hybridized carbons (Fsp3) is 0.0833. The highest BCUT2D eigenvalue weighted by Gasteiger charge is 2.01. The highest BCUT2D eigenvalue weighted by atomic mass is 35.5. The lowest BCUT2D eigenvalue weighted by Crippen LogP contribution is -1.99. The van der Waals surface area contributed by atoms with Crippen LogP contribution in [0.1, 0.15) is 5.69 Å². The van der Waals surface area contributed by atoms with Gasteiger partial charge in [-0.05, 0) is 24.3 Å². The highest BCUT2D eigenvalue weighted by molar-refractivity contribution is 6.42. The number of nitrogen functional groups attached to an aromatic ring is 1. The Bertz CT molecular complexity index is 532. The normalized spacial score (nSPS) is 10.2. The van der Waals surface area contributed by atoms with Crippen LogP contribution < -0.4 is 10.5 Å². The largest absolute Gasteiger partial charge is 0.487 e. The number of nitrogens with two attached hydrogens (primary N) is 1. The number of nitrogens with zero attached hydrogens (tertiary/aromatic N) is 1. The van der Waals surface area contributed by atoms with Gasteiger partial charge in [-0.25, -0.2) is 0 Å². The molecule has 5 heteroatoms. The van der Waals surface area contributed by atoms with E-state index in [1.807, 2.05) is 0 Å². The second kappa shape index (κ2) is 5.25. The van der Waals surface area contributed by atoms with Crippen LogP contribution in [0.15, 0.2) is 36.5 Å². The predicted molar refractivity (Wildman–Crippen MR) is 69.4 cm³/mol. The molecule has 0 amide bonds. The van der Waals surface area contributed by atoms with Crippen molar-refractivity contribution in [2.24, 2.45) is 0 Å². The molecule has 0 bridgehead atoms. The minimum Gasteiger partial charge on any atom is -0.487 e. The first-order valence-electron chi connectivity index (χ1n) is 4.93. The fourth-order valence-electron chi connectivity index (χ4n) is 1.30. The maximum atomic E-state index is 5.87. The quantitative estimate of drug-likeness (QED) is 0.926. The fourth-order valence-corrected chi connectivity index (χ4v) is 1.59. The summed E-state index contributed by atoms with van der Waals surface area (Å²) in [4.78, 5) is 4.13. The molecule has 0 spiro atoms. The number of ether oxygens (including phenoxy) is 1. The molecule has 0 radical (unpaired) electrons. The summed E-state index contributed by atoms with van der Waals surface area (Å²) in [5, 5.41) is 0.964. The summed E-state index contributed by atoms with van der Waals surface area (Å²) >= 11 is 11.7. The van der Waals surface area contributed by atoms with Gasteiger partial charge in [-0.1, -0.05) is 23.2 Å². The van der Waals surface area contributed by atoms with Crippen LogP contribution >= 0.6 is 23.2 Å². The first-order valence-corrected chi connectivity index (χ1v) is 5.69. The standard InChI is InChI=1S/C12H10Cl2N2O/c13-11-2-1-10(6-12(11)14)17-7-9-5-8(15)3-4-16-9/h1-6H,7H2,(H2,15,16). The van der Waals surface area contributed by atoms with E-state index in [2.05, 4.69) is 4.98 Å². The van der Waals surface area contributed by atoms with E-state index in [1.165, 1.54) is 0 Å². The van der Waals surface area contributed by atoms with Gasteiger partial charge in [0.2, 0.25) is 0 Å². The number of hydrogen-bond acceptors (Lipinski definition) is 3. The van der Waals surface area contributed by atoms with E-state index in [0.29, 0.717) is 28.1 Å². The Labute approximate surface area is 109 Å². The van der Waals surface area contributed by atoms with E-state index in [9.17, 15) is 0 Å². The molecular weight excluding hydrogens is 259 g/mol. The molecule has 1 aromatic carbocycles. The number of aromatic nitrogens is 1. The summed E-state index contributed by atoms with van der Waals surface area (Å²) in [5.41, 5.74) is 7.06. The van der Waals surface area contributed by atoms with E-state index >= 15 is 0 Å². The van der Waals surface area contributed by atoms with Gasteiger partial charge in [-0.3, -0.25) is 4.98 Å². The number of benzene rings is 1. The Kier molecular flexibility index (Phi) is 3.71. The molecule has 0 aliphatic carbocycles. The maximum absolute atomic E-state index is 5.87. The summed E-state index contributed by atoms with van der Waals surface area (Å²) in [6.07, 6.45) is 1.64. The second-order valence-corrected chi connectivity index (χ2v) is 4.26. The lowest BCUT2D eigenvalue weighted by molar-refractivity contribution is 0.301. The monoisotopic (exact) mass is 268 g/mol. The Hall–Kier alpha value is -1.45. The van der Waals surface area contributed by atoms with Crippen molar-refractivity contribution < 1.29 is 4.74 Å². The average Bonchev–Trinajstić information content (AvgIpc) is 2.31. The van der Waals surface area contributed by atoms with Gasteiger partial charge in [0, 0.05) is 18.0 Å². The molecule has 1 aromatic heterocycles. The van der Waals surface area contributed by atoms with Crippen LogP contribution in [-0.2, 0) is 6.61 Å². The summed E-state index contributed by atoms with van der Waals surface area (Å²) in [6.45, 7) is 0.336. The van der Waals surface area contributed by atoms with Crippen LogP contribution in [0.3, 0.4) is 0 Å². The minimum absolute atomic E-state index is 0.336. The second-order valence-electron chi connectivity index (χ2n) is 3.45. The van der Waals surface area contributed by atoms with Gasteiger partial charge in [0.15, 0.2) is 0 Å². The number of halogens is 2. The van der Waals surface area contributed by atoms with Crippen LogP contribution in [0.2, 0.25) is 10.0 Å². The first kappa shape index (κ1) is 12.0. The molecule has 88 valence electrons. The summed E-state index contributed by atoms with van der Waals surface area (Å²) in [6, 6.07) is 8.59. The smallest absolute Gasteiger partial charge is 0.130 e. The topological polar surface area (TPSA) is 48.1 Å². The summed E-state index contributed by atoms with van der Waals surface area (Å²) in [7, 11) is 0. The molecule has 2 N–H and O–H groups in total. The molecule has 0 unspecified atom stereocenters. The van der Waals surface area contributed by atoms with Crippen LogP contribution in [0, 0.1) is 0 Å². The third kappa shape index (κ3) is 3.25. The van der Waals surface area contributed by atoms with E-state index in [4.69, 9.17) is 33.7 Å². The minimum atomic E-state index is 0.336. The van der Waals surface area contributed by atoms with Crippen molar-refractivity contribution in [3.63, 3.8) is 0 Å². The van der Waals surface area contributed by atoms with Gasteiger partial charge in [0.25, 0.3) is 0 Å². The van der Waals surface area contributed by atoms with Crippen molar-refractivity contribution in [3.05, 3.63) is 52.3 Å². The first-order chi connectivity index (χ1) is 8.15. The van der Waals surface area contributed by atoms with E-state index in [0.717, 1.165) is 5.69 Å². The number of hydrogen-bond donors (Lipinski definition) is 1. The Morgan fingerprint density at radius 1 is 1.12 bits per heavy atom. The molecule has 0 saturated heterocycles. The molecule has 17 heavy (non-hydrogen) atoms. The SMILES string of the molecule is Nc1ccnc(COc2ccc(Cl)c(Cl)c2)c1. The van der Waals surface area contributed by atoms with Crippen LogP contribution in [0.4, 0.5) is 5.69 Å². The van der Waals surface area contributed by atoms with Gasteiger partial charge in [-0.15, -0.1) is 0 Å². The zero-order valence-corrected chi connectivity index (χ0v) is 10.4. The van der Waals surface area contributed by atoms with Crippen molar-refractivity contribution in [2.45, 2.75) is 6.61 Å². The molecular formula is C12H10Cl2N2O.